The van der Waals surface area contributed by atoms with Crippen LogP contribution in [-0.2, 0) is 0 Å². The van der Waals surface area contributed by atoms with Gasteiger partial charge in [-0.3, -0.25) is 0 Å². The summed E-state index contributed by atoms with van der Waals surface area (Å²) in [6.45, 7) is 0.622. The SMILES string of the molecule is Cl.NCCC1(O)CCC1. The van der Waals surface area contributed by atoms with Crippen LogP contribution < -0.4 is 5.73 Å². The van der Waals surface area contributed by atoms with Gasteiger partial charge in [0.05, 0.1) is 5.60 Å². The first kappa shape index (κ1) is 9.21. The molecule has 0 spiro atoms. The third-order valence-corrected chi connectivity index (χ3v) is 1.89. The fourth-order valence-corrected chi connectivity index (χ4v) is 1.10. The minimum Gasteiger partial charge on any atom is -0.390 e. The molecule has 3 N–H and O–H groups in total. The molecular weight excluding hydrogens is 138 g/mol. The van der Waals surface area contributed by atoms with Gasteiger partial charge in [0, 0.05) is 0 Å². The van der Waals surface area contributed by atoms with E-state index in [1.807, 2.05) is 0 Å². The molecule has 0 saturated heterocycles. The summed E-state index contributed by atoms with van der Waals surface area (Å²) in [7, 11) is 0. The summed E-state index contributed by atoms with van der Waals surface area (Å²) in [6, 6.07) is 0. The fourth-order valence-electron chi connectivity index (χ4n) is 1.10. The van der Waals surface area contributed by atoms with Crippen LogP contribution in [0.5, 0.6) is 0 Å². The highest BCUT2D eigenvalue weighted by atomic mass is 35.5. The Labute approximate surface area is 61.8 Å². The Kier molecular flexibility index (Phi) is 3.48. The van der Waals surface area contributed by atoms with Crippen molar-refractivity contribution in [2.24, 2.45) is 5.73 Å². The zero-order valence-corrected chi connectivity index (χ0v) is 6.28. The van der Waals surface area contributed by atoms with Crippen molar-refractivity contribution in [3.8, 4) is 0 Å². The van der Waals surface area contributed by atoms with Crippen LogP contribution in [0.15, 0.2) is 0 Å². The van der Waals surface area contributed by atoms with Crippen molar-refractivity contribution in [3.63, 3.8) is 0 Å². The molecule has 3 heteroatoms. The first-order chi connectivity index (χ1) is 3.77. The third-order valence-electron chi connectivity index (χ3n) is 1.89. The standard InChI is InChI=1S/C6H13NO.ClH/c7-5-4-6(8)2-1-3-6;/h8H,1-5,7H2;1H. The van der Waals surface area contributed by atoms with Crippen molar-refractivity contribution < 1.29 is 5.11 Å². The first-order valence-electron chi connectivity index (χ1n) is 3.19. The lowest BCUT2D eigenvalue weighted by Crippen LogP contribution is -2.38. The molecule has 0 amide bonds. The van der Waals surface area contributed by atoms with E-state index in [-0.39, 0.29) is 18.0 Å². The van der Waals surface area contributed by atoms with Crippen LogP contribution in [0.25, 0.3) is 0 Å². The lowest BCUT2D eigenvalue weighted by molar-refractivity contribution is -0.0378. The van der Waals surface area contributed by atoms with Gasteiger partial charge >= 0.3 is 0 Å². The summed E-state index contributed by atoms with van der Waals surface area (Å²) in [5.41, 5.74) is 4.91. The lowest BCUT2D eigenvalue weighted by atomic mass is 9.78. The molecule has 1 rings (SSSR count). The molecule has 0 aromatic heterocycles. The van der Waals surface area contributed by atoms with E-state index in [2.05, 4.69) is 0 Å². The lowest BCUT2D eigenvalue weighted by Gasteiger charge is -2.36. The highest BCUT2D eigenvalue weighted by Gasteiger charge is 2.32. The molecule has 0 bridgehead atoms. The summed E-state index contributed by atoms with van der Waals surface area (Å²) < 4.78 is 0. The van der Waals surface area contributed by atoms with Crippen molar-refractivity contribution in [2.45, 2.75) is 31.3 Å². The van der Waals surface area contributed by atoms with Crippen molar-refractivity contribution in [1.29, 1.82) is 0 Å². The number of rotatable bonds is 2. The second-order valence-corrected chi connectivity index (χ2v) is 2.62. The van der Waals surface area contributed by atoms with Gasteiger partial charge < -0.3 is 10.8 Å². The Hall–Kier alpha value is 0.210. The zero-order chi connectivity index (χ0) is 6.04. The average molecular weight is 152 g/mol. The summed E-state index contributed by atoms with van der Waals surface area (Å²) in [4.78, 5) is 0. The van der Waals surface area contributed by atoms with Crippen molar-refractivity contribution in [3.05, 3.63) is 0 Å². The molecule has 0 aromatic rings. The number of halogens is 1. The summed E-state index contributed by atoms with van der Waals surface area (Å²) in [6.07, 6.45) is 3.89. The minimum atomic E-state index is -0.352. The van der Waals surface area contributed by atoms with Crippen LogP contribution in [0.3, 0.4) is 0 Å². The normalized spacial score (nSPS) is 22.0. The topological polar surface area (TPSA) is 46.2 Å². The van der Waals surface area contributed by atoms with Crippen molar-refractivity contribution >= 4 is 12.4 Å². The smallest absolute Gasteiger partial charge is 0.0659 e. The predicted octanol–water partition coefficient (Wildman–Crippen LogP) is 0.672. The molecule has 1 aliphatic carbocycles. The predicted molar refractivity (Wildman–Crippen MR) is 39.7 cm³/mol. The molecular formula is C6H14ClNO. The Morgan fingerprint density at radius 2 is 2.00 bits per heavy atom. The molecule has 9 heavy (non-hydrogen) atoms. The molecule has 56 valence electrons. The molecule has 0 heterocycles. The molecule has 1 saturated carbocycles. The molecule has 1 fully saturated rings. The quantitative estimate of drug-likeness (QED) is 0.610. The number of aliphatic hydroxyl groups is 1. The van der Waals surface area contributed by atoms with E-state index in [9.17, 15) is 5.11 Å². The maximum absolute atomic E-state index is 9.33. The molecule has 0 atom stereocenters. The summed E-state index contributed by atoms with van der Waals surface area (Å²) in [5, 5.41) is 9.33. The van der Waals surface area contributed by atoms with Gasteiger partial charge in [0.25, 0.3) is 0 Å². The van der Waals surface area contributed by atoms with Gasteiger partial charge in [0.2, 0.25) is 0 Å². The molecule has 0 radical (unpaired) electrons. The molecule has 2 nitrogen and oxygen atoms in total. The third kappa shape index (κ3) is 2.12. The first-order valence-corrected chi connectivity index (χ1v) is 3.19. The van der Waals surface area contributed by atoms with Crippen LogP contribution in [0.4, 0.5) is 0 Å². The van der Waals surface area contributed by atoms with E-state index >= 15 is 0 Å². The number of hydrogen-bond donors (Lipinski definition) is 2. The Morgan fingerprint density at radius 1 is 1.44 bits per heavy atom. The van der Waals surface area contributed by atoms with E-state index in [1.54, 1.807) is 0 Å². The van der Waals surface area contributed by atoms with Gasteiger partial charge in [0.1, 0.15) is 0 Å². The molecule has 1 aliphatic rings. The largest absolute Gasteiger partial charge is 0.390 e. The second kappa shape index (κ2) is 3.40. The van der Waals surface area contributed by atoms with E-state index in [0.29, 0.717) is 6.54 Å². The van der Waals surface area contributed by atoms with Crippen LogP contribution in [-0.4, -0.2) is 17.3 Å². The average Bonchev–Trinajstić information content (AvgIpc) is 1.64. The van der Waals surface area contributed by atoms with Gasteiger partial charge in [-0.05, 0) is 32.2 Å². The molecule has 0 aliphatic heterocycles. The number of nitrogens with two attached hydrogens (primary N) is 1. The zero-order valence-electron chi connectivity index (χ0n) is 5.47. The Balaban J connectivity index is 0.000000640. The van der Waals surface area contributed by atoms with Crippen molar-refractivity contribution in [2.75, 3.05) is 6.54 Å². The van der Waals surface area contributed by atoms with Crippen LogP contribution in [0.1, 0.15) is 25.7 Å². The molecule has 0 unspecified atom stereocenters. The highest BCUT2D eigenvalue weighted by Crippen LogP contribution is 2.33. The highest BCUT2D eigenvalue weighted by molar-refractivity contribution is 5.85. The number of hydrogen-bond acceptors (Lipinski definition) is 2. The van der Waals surface area contributed by atoms with E-state index < -0.39 is 0 Å². The van der Waals surface area contributed by atoms with E-state index in [0.717, 1.165) is 19.3 Å². The van der Waals surface area contributed by atoms with Gasteiger partial charge in [-0.1, -0.05) is 0 Å². The maximum Gasteiger partial charge on any atom is 0.0659 e. The van der Waals surface area contributed by atoms with Gasteiger partial charge in [-0.15, -0.1) is 12.4 Å². The molecule has 0 aromatic carbocycles. The van der Waals surface area contributed by atoms with E-state index in [4.69, 9.17) is 5.73 Å². The van der Waals surface area contributed by atoms with Gasteiger partial charge in [-0.2, -0.15) is 0 Å². The minimum absolute atomic E-state index is 0. The summed E-state index contributed by atoms with van der Waals surface area (Å²) >= 11 is 0. The summed E-state index contributed by atoms with van der Waals surface area (Å²) in [5.74, 6) is 0. The second-order valence-electron chi connectivity index (χ2n) is 2.62. The van der Waals surface area contributed by atoms with Crippen molar-refractivity contribution in [1.82, 2.24) is 0 Å². The van der Waals surface area contributed by atoms with E-state index in [1.165, 1.54) is 6.42 Å². The van der Waals surface area contributed by atoms with Crippen LogP contribution >= 0.6 is 12.4 Å². The monoisotopic (exact) mass is 151 g/mol. The maximum atomic E-state index is 9.33. The Morgan fingerprint density at radius 3 is 2.11 bits per heavy atom. The van der Waals surface area contributed by atoms with Crippen LogP contribution in [0.2, 0.25) is 0 Å². The fraction of sp³-hybridized carbons (Fsp3) is 1.00. The van der Waals surface area contributed by atoms with Crippen LogP contribution in [0, 0.1) is 0 Å². The van der Waals surface area contributed by atoms with Gasteiger partial charge in [-0.25, -0.2) is 0 Å². The Bertz CT molecular complexity index is 83.1. The van der Waals surface area contributed by atoms with Gasteiger partial charge in [0.15, 0.2) is 0 Å².